The summed E-state index contributed by atoms with van der Waals surface area (Å²) < 4.78 is 27.0. The quantitative estimate of drug-likeness (QED) is 0.813. The van der Waals surface area contributed by atoms with Gasteiger partial charge in [0.2, 0.25) is 0 Å². The highest BCUT2D eigenvalue weighted by Gasteiger charge is 2.18. The molecule has 0 aliphatic carbocycles. The summed E-state index contributed by atoms with van der Waals surface area (Å²) in [6, 6.07) is 1.94. The highest BCUT2D eigenvalue weighted by molar-refractivity contribution is 7.18. The second kappa shape index (κ2) is 5.41. The van der Waals surface area contributed by atoms with Crippen molar-refractivity contribution in [1.82, 2.24) is 4.98 Å². The summed E-state index contributed by atoms with van der Waals surface area (Å²) in [5.74, 6) is -1.92. The molecule has 0 aliphatic heterocycles. The number of carbonyl (C=O) groups is 1. The summed E-state index contributed by atoms with van der Waals surface area (Å²) in [5.41, 5.74) is 5.52. The maximum absolute atomic E-state index is 13.6. The van der Waals surface area contributed by atoms with Gasteiger partial charge in [-0.25, -0.2) is 13.8 Å². The van der Waals surface area contributed by atoms with Gasteiger partial charge in [0.05, 0.1) is 5.69 Å². The van der Waals surface area contributed by atoms with Crippen LogP contribution in [0.4, 0.5) is 25.4 Å². The Balaban J connectivity index is 2.27. The van der Waals surface area contributed by atoms with E-state index in [1.807, 2.05) is 0 Å². The predicted octanol–water partition coefficient (Wildman–Crippen LogP) is 2.61. The molecule has 106 valence electrons. The van der Waals surface area contributed by atoms with Crippen LogP contribution < -0.4 is 16.4 Å². The SMILES string of the molecule is CNc1nc(N)c(C(=O)Nc2cc(F)c(C)cc2F)s1. The highest BCUT2D eigenvalue weighted by Crippen LogP contribution is 2.26. The molecule has 0 saturated carbocycles. The van der Waals surface area contributed by atoms with Crippen molar-refractivity contribution in [2.75, 3.05) is 23.4 Å². The third-order valence-corrected chi connectivity index (χ3v) is 3.66. The molecule has 5 nitrogen and oxygen atoms in total. The maximum atomic E-state index is 13.6. The van der Waals surface area contributed by atoms with Crippen LogP contribution >= 0.6 is 11.3 Å². The number of nitrogens with one attached hydrogen (secondary N) is 2. The molecule has 1 heterocycles. The molecule has 20 heavy (non-hydrogen) atoms. The number of hydrogen-bond acceptors (Lipinski definition) is 5. The molecule has 0 radical (unpaired) electrons. The lowest BCUT2D eigenvalue weighted by Crippen LogP contribution is -2.13. The first-order valence-electron chi connectivity index (χ1n) is 5.63. The fourth-order valence-corrected chi connectivity index (χ4v) is 2.26. The third-order valence-electron chi connectivity index (χ3n) is 2.57. The van der Waals surface area contributed by atoms with Crippen molar-refractivity contribution < 1.29 is 13.6 Å². The molecule has 1 amide bonds. The number of benzene rings is 1. The number of aromatic nitrogens is 1. The first kappa shape index (κ1) is 14.2. The molecule has 1 aromatic carbocycles. The molecule has 8 heteroatoms. The van der Waals surface area contributed by atoms with E-state index in [4.69, 9.17) is 5.73 Å². The zero-order valence-corrected chi connectivity index (χ0v) is 11.6. The number of hydrogen-bond donors (Lipinski definition) is 3. The second-order valence-corrected chi connectivity index (χ2v) is 5.02. The average Bonchev–Trinajstić information content (AvgIpc) is 2.77. The number of nitrogens with zero attached hydrogens (tertiary/aromatic N) is 1. The molecular weight excluding hydrogens is 286 g/mol. The zero-order valence-electron chi connectivity index (χ0n) is 10.8. The van der Waals surface area contributed by atoms with Crippen LogP contribution in [0, 0.1) is 18.6 Å². The first-order chi connectivity index (χ1) is 9.42. The van der Waals surface area contributed by atoms with E-state index in [0.717, 1.165) is 23.5 Å². The van der Waals surface area contributed by atoms with Crippen molar-refractivity contribution in [3.05, 3.63) is 34.2 Å². The maximum Gasteiger partial charge on any atom is 0.269 e. The Morgan fingerprint density at radius 2 is 2.05 bits per heavy atom. The summed E-state index contributed by atoms with van der Waals surface area (Å²) >= 11 is 1.02. The molecule has 2 aromatic rings. The molecule has 0 saturated heterocycles. The molecule has 4 N–H and O–H groups in total. The van der Waals surface area contributed by atoms with Gasteiger partial charge in [-0.15, -0.1) is 0 Å². The lowest BCUT2D eigenvalue weighted by molar-refractivity contribution is 0.103. The number of thiazole rings is 1. The Morgan fingerprint density at radius 1 is 1.35 bits per heavy atom. The summed E-state index contributed by atoms with van der Waals surface area (Å²) in [6.07, 6.45) is 0. The van der Waals surface area contributed by atoms with Crippen LogP contribution in [-0.2, 0) is 0 Å². The minimum Gasteiger partial charge on any atom is -0.382 e. The van der Waals surface area contributed by atoms with Gasteiger partial charge in [-0.05, 0) is 18.6 Å². The monoisotopic (exact) mass is 298 g/mol. The molecule has 0 fully saturated rings. The smallest absolute Gasteiger partial charge is 0.269 e. The van der Waals surface area contributed by atoms with Gasteiger partial charge in [-0.2, -0.15) is 0 Å². The largest absolute Gasteiger partial charge is 0.382 e. The molecule has 0 atom stereocenters. The minimum atomic E-state index is -0.714. The van der Waals surface area contributed by atoms with E-state index < -0.39 is 17.5 Å². The van der Waals surface area contributed by atoms with Gasteiger partial charge in [-0.1, -0.05) is 11.3 Å². The fourth-order valence-electron chi connectivity index (χ4n) is 1.52. The Hall–Kier alpha value is -2.22. The van der Waals surface area contributed by atoms with Crippen LogP contribution in [0.1, 0.15) is 15.2 Å². The van der Waals surface area contributed by atoms with Crippen molar-refractivity contribution >= 4 is 33.9 Å². The van der Waals surface area contributed by atoms with E-state index in [1.165, 1.54) is 6.92 Å². The molecule has 0 bridgehead atoms. The van der Waals surface area contributed by atoms with Gasteiger partial charge in [0.1, 0.15) is 22.3 Å². The lowest BCUT2D eigenvalue weighted by Gasteiger charge is -2.07. The Kier molecular flexibility index (Phi) is 3.84. The van der Waals surface area contributed by atoms with Crippen molar-refractivity contribution in [1.29, 1.82) is 0 Å². The van der Waals surface area contributed by atoms with Crippen LogP contribution in [0.2, 0.25) is 0 Å². The van der Waals surface area contributed by atoms with Gasteiger partial charge in [0.15, 0.2) is 5.13 Å². The Morgan fingerprint density at radius 3 is 2.65 bits per heavy atom. The highest BCUT2D eigenvalue weighted by atomic mass is 32.1. The summed E-state index contributed by atoms with van der Waals surface area (Å²) in [7, 11) is 1.63. The number of nitrogens with two attached hydrogens (primary N) is 1. The van der Waals surface area contributed by atoms with Crippen molar-refractivity contribution in [3.63, 3.8) is 0 Å². The van der Waals surface area contributed by atoms with Gasteiger partial charge in [0.25, 0.3) is 5.91 Å². The Labute approximate surface area is 117 Å². The summed E-state index contributed by atoms with van der Waals surface area (Å²) in [5, 5.41) is 5.49. The zero-order chi connectivity index (χ0) is 14.9. The third kappa shape index (κ3) is 2.69. The van der Waals surface area contributed by atoms with E-state index in [-0.39, 0.29) is 21.9 Å². The number of nitrogen functional groups attached to an aromatic ring is 1. The molecule has 0 aliphatic rings. The summed E-state index contributed by atoms with van der Waals surface area (Å²) in [4.78, 5) is 16.0. The number of anilines is 3. The van der Waals surface area contributed by atoms with Crippen LogP contribution in [0.5, 0.6) is 0 Å². The van der Waals surface area contributed by atoms with Gasteiger partial charge in [0, 0.05) is 13.1 Å². The molecular formula is C12H12F2N4OS. The van der Waals surface area contributed by atoms with Crippen LogP contribution in [-0.4, -0.2) is 17.9 Å². The topological polar surface area (TPSA) is 80.0 Å². The van der Waals surface area contributed by atoms with Gasteiger partial charge in [-0.3, -0.25) is 4.79 Å². The van der Waals surface area contributed by atoms with E-state index in [9.17, 15) is 13.6 Å². The normalized spacial score (nSPS) is 10.4. The average molecular weight is 298 g/mol. The molecule has 0 unspecified atom stereocenters. The van der Waals surface area contributed by atoms with Gasteiger partial charge >= 0.3 is 0 Å². The van der Waals surface area contributed by atoms with E-state index in [0.29, 0.717) is 5.13 Å². The van der Waals surface area contributed by atoms with Crippen molar-refractivity contribution in [2.45, 2.75) is 6.92 Å². The number of aryl methyl sites for hydroxylation is 1. The van der Waals surface area contributed by atoms with Crippen molar-refractivity contribution in [2.24, 2.45) is 0 Å². The standard InChI is InChI=1S/C12H12F2N4OS/c1-5-3-7(14)8(4-6(5)13)17-11(19)9-10(15)18-12(16-2)20-9/h3-4H,15H2,1-2H3,(H,16,18)(H,17,19). The minimum absolute atomic E-state index is 0.0323. The van der Waals surface area contributed by atoms with Crippen molar-refractivity contribution in [3.8, 4) is 0 Å². The lowest BCUT2D eigenvalue weighted by atomic mass is 10.2. The van der Waals surface area contributed by atoms with E-state index in [2.05, 4.69) is 15.6 Å². The summed E-state index contributed by atoms with van der Waals surface area (Å²) in [6.45, 7) is 1.43. The number of rotatable bonds is 3. The molecule has 1 aromatic heterocycles. The number of halogens is 2. The van der Waals surface area contributed by atoms with Crippen LogP contribution in [0.25, 0.3) is 0 Å². The number of amides is 1. The predicted molar refractivity (Wildman–Crippen MR) is 75.1 cm³/mol. The van der Waals surface area contributed by atoms with Gasteiger partial charge < -0.3 is 16.4 Å². The molecule has 2 rings (SSSR count). The Bertz CT molecular complexity index is 672. The number of carbonyl (C=O) groups excluding carboxylic acids is 1. The van der Waals surface area contributed by atoms with Crippen LogP contribution in [0.3, 0.4) is 0 Å². The fraction of sp³-hybridized carbons (Fsp3) is 0.167. The van der Waals surface area contributed by atoms with E-state index in [1.54, 1.807) is 7.05 Å². The first-order valence-corrected chi connectivity index (χ1v) is 6.45. The van der Waals surface area contributed by atoms with E-state index >= 15 is 0 Å². The second-order valence-electron chi connectivity index (χ2n) is 4.02. The van der Waals surface area contributed by atoms with Crippen LogP contribution in [0.15, 0.2) is 12.1 Å². The molecule has 0 spiro atoms.